The van der Waals surface area contributed by atoms with Crippen LogP contribution in [0.5, 0.6) is 0 Å². The Labute approximate surface area is 135 Å². The van der Waals surface area contributed by atoms with E-state index >= 15 is 0 Å². The molecule has 0 spiro atoms. The van der Waals surface area contributed by atoms with E-state index in [1.807, 2.05) is 24.3 Å². The van der Waals surface area contributed by atoms with Crippen LogP contribution < -0.4 is 11.3 Å². The Morgan fingerprint density at radius 1 is 1.17 bits per heavy atom. The third kappa shape index (κ3) is 2.23. The summed E-state index contributed by atoms with van der Waals surface area (Å²) in [7, 11) is 0. The summed E-state index contributed by atoms with van der Waals surface area (Å²) in [5.74, 6) is 0.885. The molecule has 4 N–H and O–H groups in total. The van der Waals surface area contributed by atoms with Crippen molar-refractivity contribution < 1.29 is 0 Å². The minimum atomic E-state index is -0.421. The molecule has 23 heavy (non-hydrogen) atoms. The van der Waals surface area contributed by atoms with Crippen LogP contribution in [0.1, 0.15) is 16.6 Å². The normalized spacial score (nSPS) is 12.7. The van der Waals surface area contributed by atoms with E-state index in [0.717, 1.165) is 16.5 Å². The van der Waals surface area contributed by atoms with Crippen LogP contribution in [0, 0.1) is 0 Å². The number of aromatic nitrogens is 5. The predicted octanol–water partition coefficient (Wildman–Crippen LogP) is 1.80. The molecular weight excluding hydrogens is 312 g/mol. The fourth-order valence-corrected chi connectivity index (χ4v) is 2.93. The summed E-state index contributed by atoms with van der Waals surface area (Å²) >= 11 is 4.64. The lowest BCUT2D eigenvalue weighted by atomic mass is 10.1. The Morgan fingerprint density at radius 2 is 2.00 bits per heavy atom. The van der Waals surface area contributed by atoms with Crippen molar-refractivity contribution in [1.29, 1.82) is 0 Å². The summed E-state index contributed by atoms with van der Waals surface area (Å²) in [5, 5.41) is 0.488. The summed E-state index contributed by atoms with van der Waals surface area (Å²) in [4.78, 5) is 30.2. The van der Waals surface area contributed by atoms with Gasteiger partial charge >= 0.3 is 0 Å². The van der Waals surface area contributed by atoms with Gasteiger partial charge in [0.2, 0.25) is 5.56 Å². The van der Waals surface area contributed by atoms with E-state index in [0.29, 0.717) is 22.8 Å². The van der Waals surface area contributed by atoms with Gasteiger partial charge < -0.3 is 15.7 Å². The number of benzene rings is 1. The number of rotatable bonds is 2. The third-order valence-corrected chi connectivity index (χ3v) is 4.19. The van der Waals surface area contributed by atoms with Gasteiger partial charge in [0, 0.05) is 17.0 Å². The van der Waals surface area contributed by atoms with E-state index in [9.17, 15) is 4.79 Å². The number of anilines is 1. The number of fused-ring (bicyclic) bond motifs is 2. The Balaban J connectivity index is 1.92. The standard InChI is InChI=1S/C15H12N6OS/c16-13-11-14(18-6-17-13)21-15(20-11)12(23)8-5-10(22)19-9-4-2-1-3-7(8)9/h1-6,12,23H,(H,19,22)(H3,16,17,18,20,21). The van der Waals surface area contributed by atoms with Crippen molar-refractivity contribution in [1.82, 2.24) is 24.9 Å². The molecule has 1 unspecified atom stereocenters. The van der Waals surface area contributed by atoms with Crippen molar-refractivity contribution in [3.05, 3.63) is 58.4 Å². The highest BCUT2D eigenvalue weighted by Crippen LogP contribution is 2.31. The minimum absolute atomic E-state index is 0.187. The number of aromatic amines is 2. The largest absolute Gasteiger partial charge is 0.382 e. The van der Waals surface area contributed by atoms with Crippen molar-refractivity contribution in [3.63, 3.8) is 0 Å². The topological polar surface area (TPSA) is 113 Å². The van der Waals surface area contributed by atoms with Gasteiger partial charge in [-0.05, 0) is 11.6 Å². The van der Waals surface area contributed by atoms with Gasteiger partial charge in [0.25, 0.3) is 0 Å². The van der Waals surface area contributed by atoms with E-state index < -0.39 is 5.25 Å². The molecule has 0 saturated heterocycles. The average Bonchev–Trinajstić information content (AvgIpc) is 2.99. The van der Waals surface area contributed by atoms with Crippen LogP contribution in [0.4, 0.5) is 5.82 Å². The number of hydrogen-bond donors (Lipinski definition) is 4. The first kappa shape index (κ1) is 13.8. The Kier molecular flexibility index (Phi) is 3.05. The lowest BCUT2D eigenvalue weighted by Gasteiger charge is -2.11. The van der Waals surface area contributed by atoms with Crippen LogP contribution in [0.2, 0.25) is 0 Å². The molecule has 0 aliphatic carbocycles. The highest BCUT2D eigenvalue weighted by molar-refractivity contribution is 7.80. The summed E-state index contributed by atoms with van der Waals surface area (Å²) in [6, 6.07) is 9.09. The zero-order valence-electron chi connectivity index (χ0n) is 11.8. The second-order valence-electron chi connectivity index (χ2n) is 5.12. The van der Waals surface area contributed by atoms with E-state index in [2.05, 4.69) is 37.5 Å². The Hall–Kier alpha value is -2.87. The van der Waals surface area contributed by atoms with Crippen LogP contribution in [0.3, 0.4) is 0 Å². The van der Waals surface area contributed by atoms with Crippen molar-refractivity contribution in [2.24, 2.45) is 0 Å². The predicted molar refractivity (Wildman–Crippen MR) is 91.5 cm³/mol. The number of pyridine rings is 1. The molecule has 3 aromatic heterocycles. The first-order chi connectivity index (χ1) is 11.1. The number of H-pyrrole nitrogens is 2. The van der Waals surface area contributed by atoms with Crippen LogP contribution in [0.15, 0.2) is 41.5 Å². The van der Waals surface area contributed by atoms with Gasteiger partial charge in [0.15, 0.2) is 11.5 Å². The maximum absolute atomic E-state index is 11.9. The maximum atomic E-state index is 11.9. The minimum Gasteiger partial charge on any atom is -0.382 e. The van der Waals surface area contributed by atoms with Crippen molar-refractivity contribution in [2.45, 2.75) is 5.25 Å². The zero-order chi connectivity index (χ0) is 16.0. The van der Waals surface area contributed by atoms with Gasteiger partial charge in [0.05, 0.1) is 5.25 Å². The quantitative estimate of drug-likeness (QED) is 0.420. The maximum Gasteiger partial charge on any atom is 0.248 e. The summed E-state index contributed by atoms with van der Waals surface area (Å²) in [6.45, 7) is 0. The Bertz CT molecular complexity index is 1090. The van der Waals surface area contributed by atoms with Crippen LogP contribution >= 0.6 is 12.6 Å². The van der Waals surface area contributed by atoms with E-state index in [4.69, 9.17) is 5.73 Å². The molecule has 0 bridgehead atoms. The highest BCUT2D eigenvalue weighted by Gasteiger charge is 2.18. The fourth-order valence-electron chi connectivity index (χ4n) is 2.60. The second-order valence-corrected chi connectivity index (χ2v) is 5.63. The van der Waals surface area contributed by atoms with Gasteiger partial charge in [-0.2, -0.15) is 12.6 Å². The monoisotopic (exact) mass is 324 g/mol. The smallest absolute Gasteiger partial charge is 0.248 e. The van der Waals surface area contributed by atoms with Gasteiger partial charge in [-0.25, -0.2) is 15.0 Å². The molecule has 0 fully saturated rings. The third-order valence-electron chi connectivity index (χ3n) is 3.67. The zero-order valence-corrected chi connectivity index (χ0v) is 12.7. The lowest BCUT2D eigenvalue weighted by molar-refractivity contribution is 1.02. The molecule has 0 saturated carbocycles. The number of nitrogens with two attached hydrogens (primary N) is 1. The molecule has 4 rings (SSSR count). The molecule has 3 heterocycles. The van der Waals surface area contributed by atoms with Crippen molar-refractivity contribution >= 4 is 40.5 Å². The van der Waals surface area contributed by atoms with E-state index in [1.54, 1.807) is 0 Å². The van der Waals surface area contributed by atoms with Crippen molar-refractivity contribution in [3.8, 4) is 0 Å². The molecular formula is C15H12N6OS. The number of nitrogens with zero attached hydrogens (tertiary/aromatic N) is 3. The van der Waals surface area contributed by atoms with Gasteiger partial charge in [-0.1, -0.05) is 18.2 Å². The molecule has 0 amide bonds. The van der Waals surface area contributed by atoms with Gasteiger partial charge in [-0.3, -0.25) is 4.79 Å². The summed E-state index contributed by atoms with van der Waals surface area (Å²) in [6.07, 6.45) is 1.36. The number of nitrogen functional groups attached to an aromatic ring is 1. The molecule has 0 aliphatic heterocycles. The summed E-state index contributed by atoms with van der Waals surface area (Å²) in [5.41, 5.74) is 8.19. The van der Waals surface area contributed by atoms with Crippen LogP contribution in [0.25, 0.3) is 22.1 Å². The van der Waals surface area contributed by atoms with Crippen molar-refractivity contribution in [2.75, 3.05) is 5.73 Å². The van der Waals surface area contributed by atoms with Crippen LogP contribution in [-0.2, 0) is 0 Å². The number of thiol groups is 1. The molecule has 1 aromatic carbocycles. The molecule has 114 valence electrons. The first-order valence-electron chi connectivity index (χ1n) is 6.89. The van der Waals surface area contributed by atoms with Gasteiger partial charge in [0.1, 0.15) is 17.7 Å². The summed E-state index contributed by atoms with van der Waals surface area (Å²) < 4.78 is 0. The number of nitrogens with one attached hydrogen (secondary N) is 2. The average molecular weight is 324 g/mol. The number of hydrogen-bond acceptors (Lipinski definition) is 6. The molecule has 7 nitrogen and oxygen atoms in total. The van der Waals surface area contributed by atoms with Crippen LogP contribution in [-0.4, -0.2) is 24.9 Å². The lowest BCUT2D eigenvalue weighted by Crippen LogP contribution is -2.08. The molecule has 1 atom stereocenters. The second kappa shape index (κ2) is 5.10. The van der Waals surface area contributed by atoms with E-state index in [1.165, 1.54) is 12.4 Å². The molecule has 0 radical (unpaired) electrons. The molecule has 0 aliphatic rings. The molecule has 8 heteroatoms. The SMILES string of the molecule is Nc1ncnc2nc(C(S)c3cc(=O)[nH]c4ccccc34)[nH]c12. The number of imidazole rings is 1. The fraction of sp³-hybridized carbons (Fsp3) is 0.0667. The highest BCUT2D eigenvalue weighted by atomic mass is 32.1. The Morgan fingerprint density at radius 3 is 2.83 bits per heavy atom. The first-order valence-corrected chi connectivity index (χ1v) is 7.41. The molecule has 4 aromatic rings. The number of para-hydroxylation sites is 1. The van der Waals surface area contributed by atoms with Gasteiger partial charge in [-0.15, -0.1) is 0 Å². The van der Waals surface area contributed by atoms with E-state index in [-0.39, 0.29) is 5.56 Å².